The van der Waals surface area contributed by atoms with Crippen LogP contribution in [0.15, 0.2) is 24.5 Å². The molecule has 6 heteroatoms. The van der Waals surface area contributed by atoms with E-state index in [2.05, 4.69) is 9.97 Å². The number of benzene rings is 1. The summed E-state index contributed by atoms with van der Waals surface area (Å²) in [6.07, 6.45) is 1.12. The normalized spacial score (nSPS) is 10.4. The molecule has 2 N–H and O–H groups in total. The van der Waals surface area contributed by atoms with Crippen molar-refractivity contribution in [3.05, 3.63) is 41.2 Å². The molecule has 0 amide bonds. The SMILES string of the molecule is Nc1ncnc(-c2ccc(F)cc2Cl)c1F. The van der Waals surface area contributed by atoms with E-state index in [1.54, 1.807) is 0 Å². The van der Waals surface area contributed by atoms with Crippen LogP contribution in [0.3, 0.4) is 0 Å². The summed E-state index contributed by atoms with van der Waals surface area (Å²) in [6.45, 7) is 0. The van der Waals surface area contributed by atoms with Gasteiger partial charge in [-0.05, 0) is 18.2 Å². The third kappa shape index (κ3) is 1.81. The van der Waals surface area contributed by atoms with Gasteiger partial charge in [-0.1, -0.05) is 11.6 Å². The Morgan fingerprint density at radius 3 is 2.62 bits per heavy atom. The number of hydrogen-bond donors (Lipinski definition) is 1. The molecule has 0 aliphatic heterocycles. The van der Waals surface area contributed by atoms with Gasteiger partial charge in [0.15, 0.2) is 11.6 Å². The van der Waals surface area contributed by atoms with Gasteiger partial charge in [-0.3, -0.25) is 0 Å². The van der Waals surface area contributed by atoms with Gasteiger partial charge in [0.05, 0.1) is 5.02 Å². The second kappa shape index (κ2) is 4.02. The Bertz CT molecular complexity index is 546. The van der Waals surface area contributed by atoms with Crippen molar-refractivity contribution in [3.63, 3.8) is 0 Å². The minimum atomic E-state index is -0.768. The molecule has 1 aromatic heterocycles. The Balaban J connectivity index is 2.63. The van der Waals surface area contributed by atoms with Crippen LogP contribution in [0.2, 0.25) is 5.02 Å². The summed E-state index contributed by atoms with van der Waals surface area (Å²) < 4.78 is 26.4. The number of halogens is 3. The van der Waals surface area contributed by atoms with Gasteiger partial charge in [-0.25, -0.2) is 18.7 Å². The van der Waals surface area contributed by atoms with Crippen LogP contribution in [-0.4, -0.2) is 9.97 Å². The van der Waals surface area contributed by atoms with E-state index >= 15 is 0 Å². The van der Waals surface area contributed by atoms with Crippen LogP contribution in [0.1, 0.15) is 0 Å². The van der Waals surface area contributed by atoms with Gasteiger partial charge in [0.25, 0.3) is 0 Å². The monoisotopic (exact) mass is 241 g/mol. The fourth-order valence-corrected chi connectivity index (χ4v) is 1.51. The number of anilines is 1. The van der Waals surface area contributed by atoms with Crippen LogP contribution in [0.5, 0.6) is 0 Å². The summed E-state index contributed by atoms with van der Waals surface area (Å²) in [5.74, 6) is -1.54. The van der Waals surface area contributed by atoms with Gasteiger partial charge in [0, 0.05) is 5.56 Å². The van der Waals surface area contributed by atoms with Crippen LogP contribution < -0.4 is 5.73 Å². The molecule has 0 aliphatic carbocycles. The summed E-state index contributed by atoms with van der Waals surface area (Å²) in [5, 5.41) is 0.0667. The molecule has 0 radical (unpaired) electrons. The quantitative estimate of drug-likeness (QED) is 0.835. The maximum atomic E-state index is 13.6. The van der Waals surface area contributed by atoms with E-state index in [1.165, 1.54) is 12.1 Å². The van der Waals surface area contributed by atoms with Crippen molar-refractivity contribution >= 4 is 17.4 Å². The highest BCUT2D eigenvalue weighted by atomic mass is 35.5. The molecule has 2 rings (SSSR count). The molecule has 0 unspecified atom stereocenters. The Labute approximate surface area is 94.9 Å². The number of nitrogens with zero attached hydrogens (tertiary/aromatic N) is 2. The summed E-state index contributed by atoms with van der Waals surface area (Å²) in [4.78, 5) is 7.21. The van der Waals surface area contributed by atoms with Crippen molar-refractivity contribution in [1.82, 2.24) is 9.97 Å². The zero-order valence-electron chi connectivity index (χ0n) is 7.92. The topological polar surface area (TPSA) is 51.8 Å². The Morgan fingerprint density at radius 1 is 1.19 bits per heavy atom. The molecule has 0 fully saturated rings. The number of rotatable bonds is 1. The molecule has 2 aromatic rings. The Hall–Kier alpha value is -1.75. The van der Waals surface area contributed by atoms with Crippen LogP contribution in [0.25, 0.3) is 11.3 Å². The molecule has 1 aromatic carbocycles. The third-order valence-electron chi connectivity index (χ3n) is 2.00. The zero-order valence-corrected chi connectivity index (χ0v) is 8.67. The van der Waals surface area contributed by atoms with Crippen molar-refractivity contribution in [1.29, 1.82) is 0 Å². The Morgan fingerprint density at radius 2 is 1.94 bits per heavy atom. The maximum absolute atomic E-state index is 13.6. The molecule has 82 valence electrons. The zero-order chi connectivity index (χ0) is 11.7. The number of hydrogen-bond acceptors (Lipinski definition) is 3. The van der Waals surface area contributed by atoms with Crippen molar-refractivity contribution in [3.8, 4) is 11.3 Å². The van der Waals surface area contributed by atoms with E-state index in [9.17, 15) is 8.78 Å². The lowest BCUT2D eigenvalue weighted by molar-refractivity contribution is 0.621. The Kier molecular flexibility index (Phi) is 2.70. The smallest absolute Gasteiger partial charge is 0.191 e. The molecule has 0 atom stereocenters. The summed E-state index contributed by atoms with van der Waals surface area (Å²) in [6, 6.07) is 3.58. The van der Waals surface area contributed by atoms with E-state index in [4.69, 9.17) is 17.3 Å². The standard InChI is InChI=1S/C10H6ClF2N3/c11-7-3-5(12)1-2-6(7)9-8(13)10(14)16-4-15-9/h1-4H,(H2,14,15,16). The molecule has 0 aliphatic rings. The molecule has 0 bridgehead atoms. The predicted molar refractivity (Wildman–Crippen MR) is 56.8 cm³/mol. The van der Waals surface area contributed by atoms with Gasteiger partial charge < -0.3 is 5.73 Å². The summed E-state index contributed by atoms with van der Waals surface area (Å²) >= 11 is 5.78. The van der Waals surface area contributed by atoms with E-state index in [-0.39, 0.29) is 22.1 Å². The molecular weight excluding hydrogens is 236 g/mol. The third-order valence-corrected chi connectivity index (χ3v) is 2.32. The maximum Gasteiger partial charge on any atom is 0.191 e. The van der Waals surface area contributed by atoms with E-state index < -0.39 is 11.6 Å². The number of nitrogens with two attached hydrogens (primary N) is 1. The molecule has 3 nitrogen and oxygen atoms in total. The highest BCUT2D eigenvalue weighted by molar-refractivity contribution is 6.33. The molecular formula is C10H6ClF2N3. The molecule has 0 spiro atoms. The molecule has 16 heavy (non-hydrogen) atoms. The predicted octanol–water partition coefficient (Wildman–Crippen LogP) is 2.66. The first-order valence-electron chi connectivity index (χ1n) is 4.31. The average molecular weight is 242 g/mol. The lowest BCUT2D eigenvalue weighted by Gasteiger charge is -2.05. The first-order valence-corrected chi connectivity index (χ1v) is 4.69. The second-order valence-electron chi connectivity index (χ2n) is 3.05. The van der Waals surface area contributed by atoms with Crippen LogP contribution in [0.4, 0.5) is 14.6 Å². The first kappa shape index (κ1) is 10.8. The lowest BCUT2D eigenvalue weighted by atomic mass is 10.1. The molecule has 0 saturated carbocycles. The van der Waals surface area contributed by atoms with Crippen LogP contribution in [-0.2, 0) is 0 Å². The van der Waals surface area contributed by atoms with Gasteiger partial charge in [-0.2, -0.15) is 0 Å². The van der Waals surface area contributed by atoms with Crippen LogP contribution >= 0.6 is 11.6 Å². The van der Waals surface area contributed by atoms with Gasteiger partial charge in [0.2, 0.25) is 0 Å². The fraction of sp³-hybridized carbons (Fsp3) is 0. The minimum absolute atomic E-state index is 0.0440. The van der Waals surface area contributed by atoms with Gasteiger partial charge >= 0.3 is 0 Å². The van der Waals surface area contributed by atoms with Crippen molar-refractivity contribution in [2.24, 2.45) is 0 Å². The van der Waals surface area contributed by atoms with Crippen molar-refractivity contribution < 1.29 is 8.78 Å². The van der Waals surface area contributed by atoms with Gasteiger partial charge in [0.1, 0.15) is 17.8 Å². The first-order chi connectivity index (χ1) is 7.59. The van der Waals surface area contributed by atoms with E-state index in [0.29, 0.717) is 0 Å². The highest BCUT2D eigenvalue weighted by Crippen LogP contribution is 2.29. The average Bonchev–Trinajstić information content (AvgIpc) is 2.23. The van der Waals surface area contributed by atoms with Crippen molar-refractivity contribution in [2.75, 3.05) is 5.73 Å². The molecule has 1 heterocycles. The van der Waals surface area contributed by atoms with E-state index in [1.807, 2.05) is 0 Å². The highest BCUT2D eigenvalue weighted by Gasteiger charge is 2.13. The number of nitrogen functional groups attached to an aromatic ring is 1. The van der Waals surface area contributed by atoms with Crippen molar-refractivity contribution in [2.45, 2.75) is 0 Å². The minimum Gasteiger partial charge on any atom is -0.381 e. The molecule has 0 saturated heterocycles. The number of aromatic nitrogens is 2. The summed E-state index contributed by atoms with van der Waals surface area (Å²) in [7, 11) is 0. The second-order valence-corrected chi connectivity index (χ2v) is 3.45. The largest absolute Gasteiger partial charge is 0.381 e. The summed E-state index contributed by atoms with van der Waals surface area (Å²) in [5.41, 5.74) is 5.52. The van der Waals surface area contributed by atoms with Crippen LogP contribution in [0, 0.1) is 11.6 Å². The van der Waals surface area contributed by atoms with Gasteiger partial charge in [-0.15, -0.1) is 0 Å². The fourth-order valence-electron chi connectivity index (χ4n) is 1.25. The lowest BCUT2D eigenvalue weighted by Crippen LogP contribution is -1.99. The van der Waals surface area contributed by atoms with E-state index in [0.717, 1.165) is 12.4 Å².